The fraction of sp³-hybridized carbons (Fsp3) is 0.273. The number of nitrogens with one attached hydrogen (secondary N) is 1. The molecule has 0 unspecified atom stereocenters. The molecule has 0 amide bonds. The summed E-state index contributed by atoms with van der Waals surface area (Å²) < 4.78 is 14.5. The molecule has 5 heteroatoms. The van der Waals surface area contributed by atoms with Crippen LogP contribution in [-0.2, 0) is 13.0 Å². The zero-order chi connectivity index (χ0) is 11.5. The van der Waals surface area contributed by atoms with Crippen molar-refractivity contribution in [1.29, 1.82) is 0 Å². The van der Waals surface area contributed by atoms with Crippen molar-refractivity contribution in [2.75, 3.05) is 0 Å². The summed E-state index contributed by atoms with van der Waals surface area (Å²) in [6.07, 6.45) is 4.06. The van der Waals surface area contributed by atoms with E-state index in [4.69, 9.17) is 0 Å². The first-order valence-electron chi connectivity index (χ1n) is 5.08. The van der Waals surface area contributed by atoms with Crippen molar-refractivity contribution in [3.05, 3.63) is 52.0 Å². The zero-order valence-electron chi connectivity index (χ0n) is 8.90. The molecule has 4 nitrogen and oxygen atoms in total. The highest BCUT2D eigenvalue weighted by atomic mass is 19.1. The van der Waals surface area contributed by atoms with Crippen LogP contribution in [0, 0.1) is 5.95 Å². The van der Waals surface area contributed by atoms with Gasteiger partial charge in [-0.2, -0.15) is 9.49 Å². The van der Waals surface area contributed by atoms with Gasteiger partial charge < -0.3 is 0 Å². The Bertz CT molecular complexity index is 544. The molecule has 0 aliphatic carbocycles. The van der Waals surface area contributed by atoms with Crippen molar-refractivity contribution in [2.45, 2.75) is 19.9 Å². The highest BCUT2D eigenvalue weighted by Crippen LogP contribution is 2.05. The summed E-state index contributed by atoms with van der Waals surface area (Å²) in [4.78, 5) is 13.5. The molecule has 1 N–H and O–H groups in total. The number of aryl methyl sites for hydroxylation is 1. The fourth-order valence-electron chi connectivity index (χ4n) is 1.51. The van der Waals surface area contributed by atoms with Crippen molar-refractivity contribution in [3.63, 3.8) is 0 Å². The van der Waals surface area contributed by atoms with Gasteiger partial charge in [0.15, 0.2) is 5.95 Å². The van der Waals surface area contributed by atoms with Crippen molar-refractivity contribution in [2.24, 2.45) is 0 Å². The van der Waals surface area contributed by atoms with Crippen LogP contribution >= 0.6 is 0 Å². The smallest absolute Gasteiger partial charge is 0.253 e. The predicted molar refractivity (Wildman–Crippen MR) is 57.7 cm³/mol. The highest BCUT2D eigenvalue weighted by Gasteiger charge is 2.04. The summed E-state index contributed by atoms with van der Waals surface area (Å²) in [5.74, 6) is -0.613. The molecule has 0 aliphatic rings. The van der Waals surface area contributed by atoms with E-state index in [0.717, 1.165) is 12.1 Å². The number of aromatic amines is 1. The van der Waals surface area contributed by atoms with Crippen LogP contribution in [0.4, 0.5) is 4.39 Å². The largest absolute Gasteiger partial charge is 0.299 e. The van der Waals surface area contributed by atoms with E-state index in [-0.39, 0.29) is 5.56 Å². The maximum atomic E-state index is 12.7. The van der Waals surface area contributed by atoms with E-state index in [1.165, 1.54) is 12.1 Å². The number of nitrogens with zero attached hydrogens (tertiary/aromatic N) is 2. The van der Waals surface area contributed by atoms with Crippen molar-refractivity contribution in [1.82, 2.24) is 14.8 Å². The van der Waals surface area contributed by atoms with E-state index in [1.807, 2.05) is 13.1 Å². The van der Waals surface area contributed by atoms with Crippen molar-refractivity contribution in [3.8, 4) is 0 Å². The number of rotatable bonds is 3. The maximum absolute atomic E-state index is 12.7. The van der Waals surface area contributed by atoms with E-state index in [0.29, 0.717) is 12.0 Å². The zero-order valence-corrected chi connectivity index (χ0v) is 8.90. The summed E-state index contributed by atoms with van der Waals surface area (Å²) in [6, 6.07) is 2.75. The molecule has 84 valence electrons. The molecule has 2 heterocycles. The van der Waals surface area contributed by atoms with Crippen LogP contribution in [0.2, 0.25) is 0 Å². The highest BCUT2D eigenvalue weighted by molar-refractivity contribution is 5.19. The molecule has 2 aromatic rings. The molecule has 0 fully saturated rings. The Morgan fingerprint density at radius 1 is 1.50 bits per heavy atom. The molecule has 0 radical (unpaired) electrons. The minimum Gasteiger partial charge on any atom is -0.299 e. The minimum atomic E-state index is -0.613. The Balaban J connectivity index is 2.23. The normalized spacial score (nSPS) is 10.6. The lowest BCUT2D eigenvalue weighted by molar-refractivity contribution is 0.578. The monoisotopic (exact) mass is 221 g/mol. The Morgan fingerprint density at radius 2 is 2.31 bits per heavy atom. The van der Waals surface area contributed by atoms with Crippen LogP contribution < -0.4 is 5.56 Å². The van der Waals surface area contributed by atoms with Gasteiger partial charge in [0.2, 0.25) is 0 Å². The number of hydrogen-bond donors (Lipinski definition) is 1. The first-order chi connectivity index (χ1) is 7.69. The molecule has 0 aromatic carbocycles. The Labute approximate surface area is 91.7 Å². The minimum absolute atomic E-state index is 0.385. The van der Waals surface area contributed by atoms with Crippen LogP contribution in [-0.4, -0.2) is 14.8 Å². The van der Waals surface area contributed by atoms with E-state index < -0.39 is 5.95 Å². The summed E-state index contributed by atoms with van der Waals surface area (Å²) in [7, 11) is 0. The van der Waals surface area contributed by atoms with Gasteiger partial charge in [-0.25, -0.2) is 0 Å². The SMILES string of the molecule is CCn1cc(Cc2ccc(F)[nH]c2=O)cn1. The lowest BCUT2D eigenvalue weighted by Gasteiger charge is -1.97. The van der Waals surface area contributed by atoms with Crippen LogP contribution in [0.25, 0.3) is 0 Å². The lowest BCUT2D eigenvalue weighted by Crippen LogP contribution is -2.13. The topological polar surface area (TPSA) is 50.7 Å². The van der Waals surface area contributed by atoms with E-state index >= 15 is 0 Å². The summed E-state index contributed by atoms with van der Waals surface area (Å²) in [5, 5.41) is 4.11. The van der Waals surface area contributed by atoms with Crippen LogP contribution in [0.15, 0.2) is 29.3 Å². The van der Waals surface area contributed by atoms with E-state index in [9.17, 15) is 9.18 Å². The molecule has 0 spiro atoms. The summed E-state index contributed by atoms with van der Waals surface area (Å²) in [5.41, 5.74) is 1.10. The molecule has 16 heavy (non-hydrogen) atoms. The van der Waals surface area contributed by atoms with Crippen molar-refractivity contribution < 1.29 is 4.39 Å². The third kappa shape index (κ3) is 2.18. The first kappa shape index (κ1) is 10.6. The second kappa shape index (κ2) is 4.30. The average molecular weight is 221 g/mol. The second-order valence-corrected chi connectivity index (χ2v) is 3.54. The molecule has 0 saturated carbocycles. The molecule has 0 aliphatic heterocycles. The number of H-pyrrole nitrogens is 1. The number of halogens is 1. The van der Waals surface area contributed by atoms with Crippen molar-refractivity contribution >= 4 is 0 Å². The van der Waals surface area contributed by atoms with Crippen LogP contribution in [0.5, 0.6) is 0 Å². The Kier molecular flexibility index (Phi) is 2.85. The fourth-order valence-corrected chi connectivity index (χ4v) is 1.51. The molecule has 2 aromatic heterocycles. The van der Waals surface area contributed by atoms with Gasteiger partial charge in [-0.3, -0.25) is 14.5 Å². The third-order valence-electron chi connectivity index (χ3n) is 2.36. The Morgan fingerprint density at radius 3 is 2.94 bits per heavy atom. The summed E-state index contributed by atoms with van der Waals surface area (Å²) in [6.45, 7) is 2.78. The second-order valence-electron chi connectivity index (χ2n) is 3.54. The standard InChI is InChI=1S/C11H12FN3O/c1-2-15-7-8(6-13-15)5-9-3-4-10(12)14-11(9)16/h3-4,6-7H,2,5H2,1H3,(H,14,16). The number of pyridine rings is 1. The van der Waals surface area contributed by atoms with Gasteiger partial charge in [-0.05, 0) is 24.6 Å². The quantitative estimate of drug-likeness (QED) is 0.795. The third-order valence-corrected chi connectivity index (χ3v) is 2.36. The van der Waals surface area contributed by atoms with E-state index in [1.54, 1.807) is 10.9 Å². The van der Waals surface area contributed by atoms with Crippen LogP contribution in [0.3, 0.4) is 0 Å². The van der Waals surface area contributed by atoms with Gasteiger partial charge in [-0.1, -0.05) is 0 Å². The van der Waals surface area contributed by atoms with E-state index in [2.05, 4.69) is 10.1 Å². The molecule has 0 atom stereocenters. The number of hydrogen-bond acceptors (Lipinski definition) is 2. The van der Waals surface area contributed by atoms with Gasteiger partial charge >= 0.3 is 0 Å². The molecular formula is C11H12FN3O. The molecule has 0 saturated heterocycles. The molecule has 2 rings (SSSR count). The van der Waals surface area contributed by atoms with Gasteiger partial charge in [0.05, 0.1) is 6.20 Å². The Hall–Kier alpha value is -1.91. The average Bonchev–Trinajstić information content (AvgIpc) is 2.70. The summed E-state index contributed by atoms with van der Waals surface area (Å²) >= 11 is 0. The van der Waals surface area contributed by atoms with Gasteiger partial charge in [0.1, 0.15) is 0 Å². The lowest BCUT2D eigenvalue weighted by atomic mass is 10.1. The van der Waals surface area contributed by atoms with Gasteiger partial charge in [0.25, 0.3) is 5.56 Å². The van der Waals surface area contributed by atoms with Gasteiger partial charge in [0, 0.05) is 24.7 Å². The van der Waals surface area contributed by atoms with Crippen LogP contribution in [0.1, 0.15) is 18.1 Å². The molecule has 0 bridgehead atoms. The molecular weight excluding hydrogens is 209 g/mol. The maximum Gasteiger partial charge on any atom is 0.253 e. The number of aromatic nitrogens is 3. The predicted octanol–water partition coefficient (Wildman–Crippen LogP) is 1.32. The van der Waals surface area contributed by atoms with Gasteiger partial charge in [-0.15, -0.1) is 0 Å². The first-order valence-corrected chi connectivity index (χ1v) is 5.08.